The van der Waals surface area contributed by atoms with E-state index in [0.717, 1.165) is 22.4 Å². The number of carbonyl (C=O) groups excluding carboxylic acids is 1. The van der Waals surface area contributed by atoms with Crippen LogP contribution in [0.1, 0.15) is 29.8 Å². The minimum absolute atomic E-state index is 0.180. The number of nitrogens with one attached hydrogen (secondary N) is 1. The maximum Gasteiger partial charge on any atom is 0.257 e. The lowest BCUT2D eigenvalue weighted by molar-refractivity contribution is 0.102. The van der Waals surface area contributed by atoms with Gasteiger partial charge in [0.1, 0.15) is 5.75 Å². The number of benzene rings is 3. The van der Waals surface area contributed by atoms with Gasteiger partial charge in [-0.2, -0.15) is 0 Å². The first-order chi connectivity index (χ1) is 14.5. The van der Waals surface area contributed by atoms with E-state index in [-0.39, 0.29) is 5.91 Å². The van der Waals surface area contributed by atoms with Crippen molar-refractivity contribution in [3.05, 3.63) is 77.2 Å². The molecule has 0 spiro atoms. The zero-order chi connectivity index (χ0) is 21.1. The van der Waals surface area contributed by atoms with Crippen LogP contribution in [-0.4, -0.2) is 17.5 Å². The van der Waals surface area contributed by atoms with Gasteiger partial charge in [-0.25, -0.2) is 4.98 Å². The molecule has 1 aromatic heterocycles. The predicted molar refractivity (Wildman–Crippen MR) is 125 cm³/mol. The highest BCUT2D eigenvalue weighted by molar-refractivity contribution is 7.14. The van der Waals surface area contributed by atoms with Crippen LogP contribution in [0.5, 0.6) is 5.75 Å². The van der Waals surface area contributed by atoms with Crippen molar-refractivity contribution in [1.29, 1.82) is 0 Å². The van der Waals surface area contributed by atoms with Crippen LogP contribution in [0.25, 0.3) is 22.0 Å². The molecule has 152 valence electrons. The van der Waals surface area contributed by atoms with Crippen molar-refractivity contribution < 1.29 is 9.53 Å². The van der Waals surface area contributed by atoms with Crippen molar-refractivity contribution in [2.75, 3.05) is 11.9 Å². The number of aryl methyl sites for hydroxylation is 1. The molecule has 0 atom stereocenters. The number of hydrogen-bond donors (Lipinski definition) is 1. The molecule has 4 nitrogen and oxygen atoms in total. The third-order valence-corrected chi connectivity index (χ3v) is 5.60. The molecular weight excluding hydrogens is 392 g/mol. The average Bonchev–Trinajstić information content (AvgIpc) is 3.21. The topological polar surface area (TPSA) is 51.2 Å². The van der Waals surface area contributed by atoms with Crippen molar-refractivity contribution in [2.45, 2.75) is 20.8 Å². The molecule has 1 amide bonds. The Balaban J connectivity index is 1.50. The quantitative estimate of drug-likeness (QED) is 0.387. The van der Waals surface area contributed by atoms with E-state index in [0.29, 0.717) is 23.2 Å². The summed E-state index contributed by atoms with van der Waals surface area (Å²) in [4.78, 5) is 17.3. The summed E-state index contributed by atoms with van der Waals surface area (Å²) in [6.07, 6.45) is 0. The zero-order valence-corrected chi connectivity index (χ0v) is 18.1. The smallest absolute Gasteiger partial charge is 0.257 e. The largest absolute Gasteiger partial charge is 0.493 e. The van der Waals surface area contributed by atoms with E-state index >= 15 is 0 Å². The summed E-state index contributed by atoms with van der Waals surface area (Å²) >= 11 is 1.43. The van der Waals surface area contributed by atoms with Crippen LogP contribution >= 0.6 is 11.3 Å². The molecule has 4 aromatic rings. The molecule has 1 heterocycles. The number of hydrogen-bond acceptors (Lipinski definition) is 4. The molecule has 0 aliphatic carbocycles. The molecule has 0 saturated heterocycles. The maximum absolute atomic E-state index is 12.6. The Morgan fingerprint density at radius 3 is 2.50 bits per heavy atom. The van der Waals surface area contributed by atoms with Crippen LogP contribution in [0.2, 0.25) is 0 Å². The summed E-state index contributed by atoms with van der Waals surface area (Å²) in [6, 6.07) is 19.7. The second-order valence-corrected chi connectivity index (χ2v) is 8.55. The number of anilines is 1. The fraction of sp³-hybridized carbons (Fsp3) is 0.200. The third-order valence-electron chi connectivity index (χ3n) is 4.84. The first-order valence-electron chi connectivity index (χ1n) is 9.99. The van der Waals surface area contributed by atoms with Gasteiger partial charge >= 0.3 is 0 Å². The lowest BCUT2D eigenvalue weighted by Crippen LogP contribution is -2.11. The van der Waals surface area contributed by atoms with E-state index in [1.54, 1.807) is 12.1 Å². The lowest BCUT2D eigenvalue weighted by Gasteiger charge is -2.09. The van der Waals surface area contributed by atoms with Crippen molar-refractivity contribution in [3.63, 3.8) is 0 Å². The predicted octanol–water partition coefficient (Wildman–Crippen LogP) is 6.56. The molecule has 5 heteroatoms. The van der Waals surface area contributed by atoms with E-state index in [2.05, 4.69) is 55.3 Å². The molecule has 0 saturated carbocycles. The van der Waals surface area contributed by atoms with E-state index < -0.39 is 0 Å². The number of nitrogens with zero attached hydrogens (tertiary/aromatic N) is 1. The SMILES string of the molecule is Cc1ccc(-c2csc(NC(=O)c3ccc(OCC(C)C)cc3)n2)c2ccccc12. The van der Waals surface area contributed by atoms with Crippen LogP contribution in [-0.2, 0) is 0 Å². The summed E-state index contributed by atoms with van der Waals surface area (Å²) in [6.45, 7) is 6.96. The van der Waals surface area contributed by atoms with Gasteiger partial charge in [0, 0.05) is 16.5 Å². The Bertz CT molecular complexity index is 1180. The van der Waals surface area contributed by atoms with Crippen LogP contribution in [0.3, 0.4) is 0 Å². The number of amides is 1. The minimum Gasteiger partial charge on any atom is -0.493 e. The first kappa shape index (κ1) is 20.1. The van der Waals surface area contributed by atoms with Gasteiger partial charge in [-0.15, -0.1) is 11.3 Å². The fourth-order valence-electron chi connectivity index (χ4n) is 3.26. The first-order valence-corrected chi connectivity index (χ1v) is 10.9. The van der Waals surface area contributed by atoms with Crippen LogP contribution in [0.15, 0.2) is 66.0 Å². The molecule has 0 aliphatic rings. The Hall–Kier alpha value is -3.18. The zero-order valence-electron chi connectivity index (χ0n) is 17.3. The number of aromatic nitrogens is 1. The Morgan fingerprint density at radius 1 is 1.03 bits per heavy atom. The second kappa shape index (κ2) is 8.67. The Kier molecular flexibility index (Phi) is 5.81. The highest BCUT2D eigenvalue weighted by Gasteiger charge is 2.12. The van der Waals surface area contributed by atoms with Crippen molar-refractivity contribution in [3.8, 4) is 17.0 Å². The standard InChI is InChI=1S/C25H24N2O2S/c1-16(2)14-29-19-11-9-18(10-12-19)24(28)27-25-26-23(15-30-25)22-13-8-17(3)20-6-4-5-7-21(20)22/h4-13,15-16H,14H2,1-3H3,(H,26,27,28). The summed E-state index contributed by atoms with van der Waals surface area (Å²) in [5.74, 6) is 1.04. The van der Waals surface area contributed by atoms with Gasteiger partial charge < -0.3 is 4.74 Å². The molecule has 4 rings (SSSR count). The number of thiazole rings is 1. The fourth-order valence-corrected chi connectivity index (χ4v) is 3.97. The van der Waals surface area contributed by atoms with Crippen LogP contribution in [0, 0.1) is 12.8 Å². The molecule has 0 aliphatic heterocycles. The van der Waals surface area contributed by atoms with Gasteiger partial charge in [0.05, 0.1) is 12.3 Å². The second-order valence-electron chi connectivity index (χ2n) is 7.70. The van der Waals surface area contributed by atoms with Gasteiger partial charge in [0.25, 0.3) is 5.91 Å². The van der Waals surface area contributed by atoms with Gasteiger partial charge in [-0.05, 0) is 53.4 Å². The number of rotatable bonds is 6. The van der Waals surface area contributed by atoms with E-state index in [1.165, 1.54) is 22.3 Å². The molecule has 30 heavy (non-hydrogen) atoms. The summed E-state index contributed by atoms with van der Waals surface area (Å²) < 4.78 is 5.67. The monoisotopic (exact) mass is 416 g/mol. The molecule has 0 radical (unpaired) electrons. The van der Waals surface area contributed by atoms with Gasteiger partial charge in [-0.3, -0.25) is 10.1 Å². The Labute approximate surface area is 180 Å². The van der Waals surface area contributed by atoms with Crippen molar-refractivity contribution in [2.24, 2.45) is 5.92 Å². The highest BCUT2D eigenvalue weighted by atomic mass is 32.1. The minimum atomic E-state index is -0.180. The molecule has 1 N–H and O–H groups in total. The summed E-state index contributed by atoms with van der Waals surface area (Å²) in [5, 5.41) is 7.85. The number of fused-ring (bicyclic) bond motifs is 1. The van der Waals surface area contributed by atoms with Gasteiger partial charge in [-0.1, -0.05) is 50.2 Å². The molecule has 0 unspecified atom stereocenters. The third kappa shape index (κ3) is 4.36. The highest BCUT2D eigenvalue weighted by Crippen LogP contribution is 2.32. The molecule has 0 fully saturated rings. The van der Waals surface area contributed by atoms with E-state index in [1.807, 2.05) is 29.6 Å². The van der Waals surface area contributed by atoms with Gasteiger partial charge in [0.2, 0.25) is 0 Å². The van der Waals surface area contributed by atoms with Crippen LogP contribution < -0.4 is 10.1 Å². The lowest BCUT2D eigenvalue weighted by atomic mass is 9.99. The molecular formula is C25H24N2O2S. The van der Waals surface area contributed by atoms with E-state index in [9.17, 15) is 4.79 Å². The number of carbonyl (C=O) groups is 1. The Morgan fingerprint density at radius 2 is 1.77 bits per heavy atom. The average molecular weight is 417 g/mol. The van der Waals surface area contributed by atoms with E-state index in [4.69, 9.17) is 4.74 Å². The van der Waals surface area contributed by atoms with Gasteiger partial charge in [0.15, 0.2) is 5.13 Å². The summed E-state index contributed by atoms with van der Waals surface area (Å²) in [5.41, 5.74) is 3.74. The summed E-state index contributed by atoms with van der Waals surface area (Å²) in [7, 11) is 0. The van der Waals surface area contributed by atoms with Crippen LogP contribution in [0.4, 0.5) is 5.13 Å². The maximum atomic E-state index is 12.6. The van der Waals surface area contributed by atoms with Crippen molar-refractivity contribution in [1.82, 2.24) is 4.98 Å². The number of ether oxygens (including phenoxy) is 1. The molecule has 3 aromatic carbocycles. The van der Waals surface area contributed by atoms with Crippen molar-refractivity contribution >= 4 is 33.1 Å². The normalized spacial score (nSPS) is 11.1. The molecule has 0 bridgehead atoms.